The van der Waals surface area contributed by atoms with E-state index in [1.54, 1.807) is 6.07 Å². The van der Waals surface area contributed by atoms with Crippen molar-refractivity contribution in [1.29, 1.82) is 0 Å². The molecule has 0 spiro atoms. The highest BCUT2D eigenvalue weighted by Gasteiger charge is 2.21. The molecule has 16 heavy (non-hydrogen) atoms. The number of aliphatic hydroxyl groups excluding tert-OH is 1. The number of aromatic hydroxyl groups is 1. The van der Waals surface area contributed by atoms with Crippen molar-refractivity contribution in [3.8, 4) is 5.75 Å². The molecular formula is C13H21NO2. The van der Waals surface area contributed by atoms with Crippen LogP contribution in [0.4, 0.5) is 0 Å². The van der Waals surface area contributed by atoms with Gasteiger partial charge in [0, 0.05) is 6.54 Å². The molecule has 0 fully saturated rings. The van der Waals surface area contributed by atoms with Gasteiger partial charge in [0.1, 0.15) is 5.75 Å². The summed E-state index contributed by atoms with van der Waals surface area (Å²) in [7, 11) is 0. The van der Waals surface area contributed by atoms with Crippen molar-refractivity contribution in [2.75, 3.05) is 6.54 Å². The van der Waals surface area contributed by atoms with Crippen molar-refractivity contribution < 1.29 is 10.2 Å². The maximum absolute atomic E-state index is 10.00. The lowest BCUT2D eigenvalue weighted by atomic mass is 9.83. The molecule has 1 aromatic carbocycles. The number of hydrogen-bond acceptors (Lipinski definition) is 3. The van der Waals surface area contributed by atoms with E-state index in [1.165, 1.54) is 0 Å². The molecule has 1 aromatic rings. The van der Waals surface area contributed by atoms with Gasteiger partial charge in [0.25, 0.3) is 0 Å². The van der Waals surface area contributed by atoms with E-state index in [9.17, 15) is 10.2 Å². The molecule has 0 unspecified atom stereocenters. The molecule has 0 aromatic heterocycles. The Morgan fingerprint density at radius 2 is 1.88 bits per heavy atom. The van der Waals surface area contributed by atoms with Crippen LogP contribution in [0.3, 0.4) is 0 Å². The lowest BCUT2D eigenvalue weighted by Gasteiger charge is -2.23. The van der Waals surface area contributed by atoms with Crippen molar-refractivity contribution in [2.24, 2.45) is 5.73 Å². The van der Waals surface area contributed by atoms with Crippen LogP contribution in [0.2, 0.25) is 0 Å². The number of benzene rings is 1. The SMILES string of the molecule is Cc1cc([C@H](O)CN)cc(C(C)(C)C)c1O. The summed E-state index contributed by atoms with van der Waals surface area (Å²) < 4.78 is 0. The van der Waals surface area contributed by atoms with Gasteiger partial charge in [-0.3, -0.25) is 0 Å². The number of aryl methyl sites for hydroxylation is 1. The van der Waals surface area contributed by atoms with Crippen LogP contribution in [0.15, 0.2) is 12.1 Å². The summed E-state index contributed by atoms with van der Waals surface area (Å²) in [5.41, 5.74) is 7.67. The Balaban J connectivity index is 3.33. The first-order chi connectivity index (χ1) is 7.27. The lowest BCUT2D eigenvalue weighted by molar-refractivity contribution is 0.186. The average molecular weight is 223 g/mol. The quantitative estimate of drug-likeness (QED) is 0.718. The number of phenolic OH excluding ortho intramolecular Hbond substituents is 1. The Labute approximate surface area is 96.9 Å². The molecule has 1 rings (SSSR count). The second kappa shape index (κ2) is 4.44. The minimum absolute atomic E-state index is 0.154. The molecule has 0 heterocycles. The van der Waals surface area contributed by atoms with Crippen LogP contribution in [0.1, 0.15) is 43.6 Å². The van der Waals surface area contributed by atoms with Gasteiger partial charge in [-0.05, 0) is 41.2 Å². The molecule has 0 bridgehead atoms. The molecule has 0 saturated heterocycles. The third-order valence-corrected chi connectivity index (χ3v) is 2.74. The summed E-state index contributed by atoms with van der Waals surface area (Å²) in [4.78, 5) is 0. The van der Waals surface area contributed by atoms with E-state index >= 15 is 0 Å². The van der Waals surface area contributed by atoms with E-state index in [-0.39, 0.29) is 12.0 Å². The molecular weight excluding hydrogens is 202 g/mol. The number of nitrogens with two attached hydrogens (primary N) is 1. The molecule has 90 valence electrons. The van der Waals surface area contributed by atoms with Crippen LogP contribution in [0.5, 0.6) is 5.75 Å². The molecule has 3 heteroatoms. The van der Waals surface area contributed by atoms with E-state index in [0.29, 0.717) is 5.75 Å². The van der Waals surface area contributed by atoms with Crippen LogP contribution < -0.4 is 5.73 Å². The maximum atomic E-state index is 10.00. The van der Waals surface area contributed by atoms with Crippen LogP contribution in [-0.2, 0) is 5.41 Å². The summed E-state index contributed by atoms with van der Waals surface area (Å²) in [5.74, 6) is 0.306. The number of aliphatic hydroxyl groups is 1. The van der Waals surface area contributed by atoms with E-state index in [4.69, 9.17) is 5.73 Å². The Hall–Kier alpha value is -1.06. The van der Waals surface area contributed by atoms with E-state index in [0.717, 1.165) is 16.7 Å². The smallest absolute Gasteiger partial charge is 0.122 e. The third kappa shape index (κ3) is 2.54. The van der Waals surface area contributed by atoms with Gasteiger partial charge in [0.05, 0.1) is 6.10 Å². The summed E-state index contributed by atoms with van der Waals surface area (Å²) >= 11 is 0. The monoisotopic (exact) mass is 223 g/mol. The van der Waals surface area contributed by atoms with Gasteiger partial charge in [-0.1, -0.05) is 20.8 Å². The largest absolute Gasteiger partial charge is 0.507 e. The molecule has 3 nitrogen and oxygen atoms in total. The van der Waals surface area contributed by atoms with Gasteiger partial charge < -0.3 is 15.9 Å². The summed E-state index contributed by atoms with van der Waals surface area (Å²) in [5, 5.41) is 19.7. The van der Waals surface area contributed by atoms with Gasteiger partial charge in [0.15, 0.2) is 0 Å². The predicted molar refractivity (Wildman–Crippen MR) is 65.6 cm³/mol. The first-order valence-electron chi connectivity index (χ1n) is 5.49. The fourth-order valence-electron chi connectivity index (χ4n) is 1.71. The van der Waals surface area contributed by atoms with Crippen molar-refractivity contribution in [3.05, 3.63) is 28.8 Å². The lowest BCUT2D eigenvalue weighted by Crippen LogP contribution is -2.16. The Morgan fingerprint density at radius 3 is 2.31 bits per heavy atom. The predicted octanol–water partition coefficient (Wildman–Crippen LogP) is 1.99. The molecule has 0 aliphatic rings. The third-order valence-electron chi connectivity index (χ3n) is 2.74. The zero-order valence-electron chi connectivity index (χ0n) is 10.4. The van der Waals surface area contributed by atoms with Gasteiger partial charge in [-0.15, -0.1) is 0 Å². The van der Waals surface area contributed by atoms with Crippen molar-refractivity contribution in [1.82, 2.24) is 0 Å². The van der Waals surface area contributed by atoms with Crippen LogP contribution in [0, 0.1) is 6.92 Å². The standard InChI is InChI=1S/C13H21NO2/c1-8-5-9(11(15)7-14)6-10(12(8)16)13(2,3)4/h5-6,11,15-16H,7,14H2,1-4H3/t11-/m1/s1. The number of rotatable bonds is 2. The first-order valence-corrected chi connectivity index (χ1v) is 5.49. The van der Waals surface area contributed by atoms with Gasteiger partial charge in [0.2, 0.25) is 0 Å². The normalized spacial score (nSPS) is 13.9. The molecule has 4 N–H and O–H groups in total. The van der Waals surface area contributed by atoms with Gasteiger partial charge in [-0.2, -0.15) is 0 Å². The molecule has 0 saturated carbocycles. The topological polar surface area (TPSA) is 66.5 Å². The van der Waals surface area contributed by atoms with Crippen molar-refractivity contribution in [2.45, 2.75) is 39.2 Å². The fourth-order valence-corrected chi connectivity index (χ4v) is 1.71. The zero-order chi connectivity index (χ0) is 12.5. The Bertz CT molecular complexity index is 380. The maximum Gasteiger partial charge on any atom is 0.122 e. The summed E-state index contributed by atoms with van der Waals surface area (Å²) in [6, 6.07) is 3.61. The highest BCUT2D eigenvalue weighted by molar-refractivity contribution is 5.46. The molecule has 0 aliphatic heterocycles. The second-order valence-electron chi connectivity index (χ2n) is 5.24. The van der Waals surface area contributed by atoms with Crippen LogP contribution in [-0.4, -0.2) is 16.8 Å². The van der Waals surface area contributed by atoms with Crippen LogP contribution in [0.25, 0.3) is 0 Å². The Morgan fingerprint density at radius 1 is 1.31 bits per heavy atom. The molecule has 1 atom stereocenters. The van der Waals surface area contributed by atoms with E-state index in [1.807, 2.05) is 33.8 Å². The Kier molecular flexibility index (Phi) is 3.61. The van der Waals surface area contributed by atoms with Crippen LogP contribution >= 0.6 is 0 Å². The summed E-state index contributed by atoms with van der Waals surface area (Å²) in [6.07, 6.45) is -0.666. The fraction of sp³-hybridized carbons (Fsp3) is 0.538. The summed E-state index contributed by atoms with van der Waals surface area (Å²) in [6.45, 7) is 8.10. The van der Waals surface area contributed by atoms with Crippen molar-refractivity contribution in [3.63, 3.8) is 0 Å². The highest BCUT2D eigenvalue weighted by Crippen LogP contribution is 2.35. The minimum atomic E-state index is -0.666. The second-order valence-corrected chi connectivity index (χ2v) is 5.24. The van der Waals surface area contributed by atoms with Gasteiger partial charge in [-0.25, -0.2) is 0 Å². The number of hydrogen-bond donors (Lipinski definition) is 3. The molecule has 0 radical (unpaired) electrons. The van der Waals surface area contributed by atoms with Crippen molar-refractivity contribution >= 4 is 0 Å². The molecule has 0 amide bonds. The highest BCUT2D eigenvalue weighted by atomic mass is 16.3. The van der Waals surface area contributed by atoms with E-state index in [2.05, 4.69) is 0 Å². The molecule has 0 aliphatic carbocycles. The van der Waals surface area contributed by atoms with Gasteiger partial charge >= 0.3 is 0 Å². The average Bonchev–Trinajstić information content (AvgIpc) is 2.18. The van der Waals surface area contributed by atoms with E-state index < -0.39 is 6.10 Å². The first kappa shape index (κ1) is 13.0. The zero-order valence-corrected chi connectivity index (χ0v) is 10.4. The number of phenols is 1. The minimum Gasteiger partial charge on any atom is -0.507 e.